The molecular weight excluding hydrogens is 202 g/mol. The highest BCUT2D eigenvalue weighted by atomic mass is 16.7. The Hall–Kier alpha value is -1.14. The lowest BCUT2D eigenvalue weighted by Crippen LogP contribution is -2.44. The summed E-state index contributed by atoms with van der Waals surface area (Å²) < 4.78 is 5.24. The standard InChI is InChI=1S/C9H15NO5/c1-14-9(3-2-4-9)5-7(11)10-15-6-8(12)13/h2-6H2,1H3,(H,10,11)(H,12,13). The molecule has 0 saturated heterocycles. The largest absolute Gasteiger partial charge is 0.479 e. The SMILES string of the molecule is COC1(CC(=O)NOCC(=O)O)CCC1. The Morgan fingerprint density at radius 2 is 2.13 bits per heavy atom. The first-order valence-corrected chi connectivity index (χ1v) is 4.75. The second-order valence-corrected chi connectivity index (χ2v) is 3.63. The Morgan fingerprint density at radius 1 is 1.47 bits per heavy atom. The number of amides is 1. The van der Waals surface area contributed by atoms with Crippen LogP contribution in [0, 0.1) is 0 Å². The summed E-state index contributed by atoms with van der Waals surface area (Å²) in [4.78, 5) is 25.8. The maximum absolute atomic E-state index is 11.3. The quantitative estimate of drug-likeness (QED) is 0.615. The minimum Gasteiger partial charge on any atom is -0.479 e. The van der Waals surface area contributed by atoms with Crippen molar-refractivity contribution < 1.29 is 24.3 Å². The molecule has 0 aromatic heterocycles. The number of hydroxylamine groups is 1. The van der Waals surface area contributed by atoms with Gasteiger partial charge >= 0.3 is 5.97 Å². The van der Waals surface area contributed by atoms with E-state index in [0.717, 1.165) is 19.3 Å². The van der Waals surface area contributed by atoms with E-state index in [2.05, 4.69) is 10.3 Å². The van der Waals surface area contributed by atoms with Gasteiger partial charge in [-0.25, -0.2) is 10.3 Å². The number of ether oxygens (including phenoxy) is 1. The minimum absolute atomic E-state index is 0.211. The third-order valence-corrected chi connectivity index (χ3v) is 2.56. The van der Waals surface area contributed by atoms with Gasteiger partial charge in [-0.1, -0.05) is 0 Å². The molecule has 0 spiro atoms. The first-order valence-electron chi connectivity index (χ1n) is 4.75. The molecule has 0 bridgehead atoms. The van der Waals surface area contributed by atoms with Gasteiger partial charge in [-0.05, 0) is 19.3 Å². The van der Waals surface area contributed by atoms with Crippen molar-refractivity contribution in [3.05, 3.63) is 0 Å². The Kier molecular flexibility index (Phi) is 4.05. The zero-order chi connectivity index (χ0) is 11.3. The zero-order valence-corrected chi connectivity index (χ0v) is 8.62. The average molecular weight is 217 g/mol. The van der Waals surface area contributed by atoms with Crippen LogP contribution in [0.25, 0.3) is 0 Å². The van der Waals surface area contributed by atoms with Gasteiger partial charge in [-0.2, -0.15) is 0 Å². The number of carboxylic acid groups (broad SMARTS) is 1. The summed E-state index contributed by atoms with van der Waals surface area (Å²) in [7, 11) is 1.57. The molecule has 0 aromatic carbocycles. The van der Waals surface area contributed by atoms with Crippen molar-refractivity contribution in [3.8, 4) is 0 Å². The van der Waals surface area contributed by atoms with Crippen molar-refractivity contribution in [1.82, 2.24) is 5.48 Å². The Balaban J connectivity index is 2.20. The predicted molar refractivity (Wildman–Crippen MR) is 49.9 cm³/mol. The number of carbonyl (C=O) groups is 2. The number of methoxy groups -OCH3 is 1. The van der Waals surface area contributed by atoms with E-state index in [1.54, 1.807) is 7.11 Å². The second-order valence-electron chi connectivity index (χ2n) is 3.63. The van der Waals surface area contributed by atoms with Crippen LogP contribution < -0.4 is 5.48 Å². The summed E-state index contributed by atoms with van der Waals surface area (Å²) in [6, 6.07) is 0. The van der Waals surface area contributed by atoms with Crippen molar-refractivity contribution in [2.75, 3.05) is 13.7 Å². The van der Waals surface area contributed by atoms with Crippen LogP contribution in [0.5, 0.6) is 0 Å². The highest BCUT2D eigenvalue weighted by Crippen LogP contribution is 2.37. The molecule has 86 valence electrons. The fourth-order valence-electron chi connectivity index (χ4n) is 1.53. The second kappa shape index (κ2) is 5.09. The van der Waals surface area contributed by atoms with E-state index >= 15 is 0 Å². The molecule has 6 heteroatoms. The maximum atomic E-state index is 11.3. The van der Waals surface area contributed by atoms with E-state index in [1.165, 1.54) is 0 Å². The van der Waals surface area contributed by atoms with Crippen molar-refractivity contribution in [1.29, 1.82) is 0 Å². The Labute approximate surface area is 87.5 Å². The summed E-state index contributed by atoms with van der Waals surface area (Å²) in [6.45, 7) is -0.536. The molecule has 0 radical (unpaired) electrons. The molecule has 1 fully saturated rings. The summed E-state index contributed by atoms with van der Waals surface area (Å²) in [6.07, 6.45) is 2.98. The minimum atomic E-state index is -1.12. The average Bonchev–Trinajstić information content (AvgIpc) is 2.11. The Morgan fingerprint density at radius 3 is 2.53 bits per heavy atom. The fourth-order valence-corrected chi connectivity index (χ4v) is 1.53. The van der Waals surface area contributed by atoms with Crippen molar-refractivity contribution >= 4 is 11.9 Å². The molecular formula is C9H15NO5. The molecule has 0 unspecified atom stereocenters. The predicted octanol–water partition coefficient (Wildman–Crippen LogP) is 0.0780. The molecule has 0 heterocycles. The molecule has 1 saturated carbocycles. The van der Waals surface area contributed by atoms with Crippen molar-refractivity contribution in [2.24, 2.45) is 0 Å². The molecule has 0 aliphatic heterocycles. The summed E-state index contributed by atoms with van der Waals surface area (Å²) in [5, 5.41) is 8.26. The van der Waals surface area contributed by atoms with Gasteiger partial charge in [0.25, 0.3) is 0 Å². The van der Waals surface area contributed by atoms with E-state index < -0.39 is 12.6 Å². The number of aliphatic carboxylic acids is 1. The lowest BCUT2D eigenvalue weighted by molar-refractivity contribution is -0.153. The molecule has 6 nitrogen and oxygen atoms in total. The smallest absolute Gasteiger partial charge is 0.332 e. The van der Waals surface area contributed by atoms with Crippen LogP contribution in [0.2, 0.25) is 0 Å². The lowest BCUT2D eigenvalue weighted by Gasteiger charge is -2.39. The van der Waals surface area contributed by atoms with Crippen molar-refractivity contribution in [3.63, 3.8) is 0 Å². The van der Waals surface area contributed by atoms with Crippen LogP contribution in [-0.2, 0) is 19.2 Å². The van der Waals surface area contributed by atoms with E-state index in [0.29, 0.717) is 0 Å². The molecule has 1 amide bonds. The van der Waals surface area contributed by atoms with Gasteiger partial charge in [0.15, 0.2) is 6.61 Å². The van der Waals surface area contributed by atoms with Gasteiger partial charge in [-0.15, -0.1) is 0 Å². The van der Waals surface area contributed by atoms with Gasteiger partial charge in [0.05, 0.1) is 12.0 Å². The van der Waals surface area contributed by atoms with Gasteiger partial charge in [-0.3, -0.25) is 9.63 Å². The lowest BCUT2D eigenvalue weighted by atomic mass is 9.77. The van der Waals surface area contributed by atoms with E-state index in [1.807, 2.05) is 0 Å². The topological polar surface area (TPSA) is 84.9 Å². The first kappa shape index (κ1) is 11.9. The third kappa shape index (κ3) is 3.49. The van der Waals surface area contributed by atoms with Crippen LogP contribution in [0.15, 0.2) is 0 Å². The number of rotatable bonds is 6. The van der Waals surface area contributed by atoms with E-state index in [9.17, 15) is 9.59 Å². The van der Waals surface area contributed by atoms with Gasteiger partial charge < -0.3 is 9.84 Å². The van der Waals surface area contributed by atoms with E-state index in [-0.39, 0.29) is 17.9 Å². The maximum Gasteiger partial charge on any atom is 0.332 e. The summed E-state index contributed by atoms with van der Waals surface area (Å²) >= 11 is 0. The molecule has 1 aliphatic rings. The fraction of sp³-hybridized carbons (Fsp3) is 0.778. The summed E-state index contributed by atoms with van der Waals surface area (Å²) in [5.41, 5.74) is 1.71. The van der Waals surface area contributed by atoms with Crippen molar-refractivity contribution in [2.45, 2.75) is 31.3 Å². The normalized spacial score (nSPS) is 17.9. The number of nitrogens with one attached hydrogen (secondary N) is 1. The highest BCUT2D eigenvalue weighted by molar-refractivity contribution is 5.76. The molecule has 0 atom stereocenters. The molecule has 2 N–H and O–H groups in total. The number of hydrogen-bond acceptors (Lipinski definition) is 4. The number of carboxylic acids is 1. The van der Waals surface area contributed by atoms with Gasteiger partial charge in [0, 0.05) is 7.11 Å². The third-order valence-electron chi connectivity index (χ3n) is 2.56. The summed E-state index contributed by atoms with van der Waals surface area (Å²) in [5.74, 6) is -1.47. The van der Waals surface area contributed by atoms with Crippen LogP contribution in [0.3, 0.4) is 0 Å². The number of carbonyl (C=O) groups excluding carboxylic acids is 1. The molecule has 0 aromatic rings. The first-order chi connectivity index (χ1) is 7.08. The van der Waals surface area contributed by atoms with Crippen LogP contribution in [0.1, 0.15) is 25.7 Å². The molecule has 15 heavy (non-hydrogen) atoms. The zero-order valence-electron chi connectivity index (χ0n) is 8.62. The Bertz CT molecular complexity index is 243. The molecule has 1 aliphatic carbocycles. The number of hydrogen-bond donors (Lipinski definition) is 2. The van der Waals surface area contributed by atoms with Crippen LogP contribution in [0.4, 0.5) is 0 Å². The highest BCUT2D eigenvalue weighted by Gasteiger charge is 2.39. The van der Waals surface area contributed by atoms with Gasteiger partial charge in [0.1, 0.15) is 0 Å². The van der Waals surface area contributed by atoms with Gasteiger partial charge in [0.2, 0.25) is 5.91 Å². The van der Waals surface area contributed by atoms with E-state index in [4.69, 9.17) is 9.84 Å². The molecule has 1 rings (SSSR count). The van der Waals surface area contributed by atoms with Crippen LogP contribution >= 0.6 is 0 Å². The van der Waals surface area contributed by atoms with Crippen LogP contribution in [-0.4, -0.2) is 36.3 Å². The monoisotopic (exact) mass is 217 g/mol.